The molecule has 2 amide bonds. The lowest BCUT2D eigenvalue weighted by Gasteiger charge is -2.11. The van der Waals surface area contributed by atoms with Gasteiger partial charge in [0.25, 0.3) is 0 Å². The molecular weight excluding hydrogens is 192 g/mol. The molecule has 4 nitrogen and oxygen atoms in total. The van der Waals surface area contributed by atoms with Crippen molar-refractivity contribution >= 4 is 11.8 Å². The van der Waals surface area contributed by atoms with E-state index in [0.29, 0.717) is 12.3 Å². The summed E-state index contributed by atoms with van der Waals surface area (Å²) in [5, 5.41) is 2.59. The molecule has 1 aliphatic rings. The maximum absolute atomic E-state index is 11.4. The molecule has 0 aromatic rings. The van der Waals surface area contributed by atoms with E-state index in [-0.39, 0.29) is 5.91 Å². The lowest BCUT2D eigenvalue weighted by Crippen LogP contribution is -2.42. The standard InChI is InChI=1S/C11H20N2O2/c1-8(11(12)15)13-10(14)7-6-9-4-2-3-5-9/h8-9H,2-7H2,1H3,(H2,12,15)(H,13,14)/t8-/m0/s1. The zero-order chi connectivity index (χ0) is 11.3. The van der Waals surface area contributed by atoms with Crippen molar-refractivity contribution in [2.75, 3.05) is 0 Å². The zero-order valence-corrected chi connectivity index (χ0v) is 9.29. The van der Waals surface area contributed by atoms with Crippen LogP contribution in [0.2, 0.25) is 0 Å². The van der Waals surface area contributed by atoms with Crippen molar-refractivity contribution in [3.8, 4) is 0 Å². The summed E-state index contributed by atoms with van der Waals surface area (Å²) in [7, 11) is 0. The number of primary amides is 1. The van der Waals surface area contributed by atoms with Crippen molar-refractivity contribution in [2.45, 2.75) is 51.5 Å². The molecule has 1 fully saturated rings. The van der Waals surface area contributed by atoms with Crippen LogP contribution in [0.5, 0.6) is 0 Å². The fourth-order valence-electron chi connectivity index (χ4n) is 2.02. The van der Waals surface area contributed by atoms with Crippen LogP contribution in [0.1, 0.15) is 45.4 Å². The smallest absolute Gasteiger partial charge is 0.239 e. The van der Waals surface area contributed by atoms with E-state index >= 15 is 0 Å². The molecule has 0 aromatic carbocycles. The molecule has 0 unspecified atom stereocenters. The number of nitrogens with one attached hydrogen (secondary N) is 1. The molecule has 3 N–H and O–H groups in total. The van der Waals surface area contributed by atoms with Gasteiger partial charge in [0.15, 0.2) is 0 Å². The van der Waals surface area contributed by atoms with E-state index in [0.717, 1.165) is 6.42 Å². The van der Waals surface area contributed by atoms with E-state index in [1.165, 1.54) is 25.7 Å². The van der Waals surface area contributed by atoms with Crippen molar-refractivity contribution in [3.63, 3.8) is 0 Å². The first-order chi connectivity index (χ1) is 7.09. The van der Waals surface area contributed by atoms with Gasteiger partial charge in [-0.15, -0.1) is 0 Å². The van der Waals surface area contributed by atoms with Crippen molar-refractivity contribution in [3.05, 3.63) is 0 Å². The predicted octanol–water partition coefficient (Wildman–Crippen LogP) is 0.947. The highest BCUT2D eigenvalue weighted by atomic mass is 16.2. The minimum absolute atomic E-state index is 0.0619. The summed E-state index contributed by atoms with van der Waals surface area (Å²) < 4.78 is 0. The van der Waals surface area contributed by atoms with E-state index < -0.39 is 11.9 Å². The summed E-state index contributed by atoms with van der Waals surface area (Å²) in [4.78, 5) is 22.1. The number of amides is 2. The van der Waals surface area contributed by atoms with Crippen molar-refractivity contribution < 1.29 is 9.59 Å². The van der Waals surface area contributed by atoms with Crippen molar-refractivity contribution in [1.82, 2.24) is 5.32 Å². The van der Waals surface area contributed by atoms with Crippen LogP contribution in [0.3, 0.4) is 0 Å². The quantitative estimate of drug-likeness (QED) is 0.712. The summed E-state index contributed by atoms with van der Waals surface area (Å²) in [5.74, 6) is 0.164. The van der Waals surface area contributed by atoms with Crippen molar-refractivity contribution in [2.24, 2.45) is 11.7 Å². The Morgan fingerprint density at radius 1 is 1.40 bits per heavy atom. The molecule has 0 radical (unpaired) electrons. The number of carbonyl (C=O) groups excluding carboxylic acids is 2. The maximum Gasteiger partial charge on any atom is 0.239 e. The average molecular weight is 212 g/mol. The Bertz CT molecular complexity index is 235. The topological polar surface area (TPSA) is 72.2 Å². The second-order valence-corrected chi connectivity index (χ2v) is 4.38. The number of hydrogen-bond donors (Lipinski definition) is 2. The number of carbonyl (C=O) groups is 2. The third-order valence-electron chi connectivity index (χ3n) is 3.06. The highest BCUT2D eigenvalue weighted by Crippen LogP contribution is 2.28. The van der Waals surface area contributed by atoms with Crippen LogP contribution in [0, 0.1) is 5.92 Å². The Morgan fingerprint density at radius 3 is 2.53 bits per heavy atom. The molecule has 15 heavy (non-hydrogen) atoms. The molecule has 0 bridgehead atoms. The molecular formula is C11H20N2O2. The Hall–Kier alpha value is -1.06. The minimum Gasteiger partial charge on any atom is -0.368 e. The monoisotopic (exact) mass is 212 g/mol. The van der Waals surface area contributed by atoms with Gasteiger partial charge in [0.05, 0.1) is 0 Å². The van der Waals surface area contributed by atoms with Gasteiger partial charge in [-0.1, -0.05) is 25.7 Å². The van der Waals surface area contributed by atoms with Crippen molar-refractivity contribution in [1.29, 1.82) is 0 Å². The molecule has 4 heteroatoms. The lowest BCUT2D eigenvalue weighted by atomic mass is 10.0. The molecule has 0 aliphatic heterocycles. The van der Waals surface area contributed by atoms with Crippen LogP contribution in [-0.2, 0) is 9.59 Å². The Morgan fingerprint density at radius 2 is 2.00 bits per heavy atom. The van der Waals surface area contributed by atoms with Crippen LogP contribution in [0.4, 0.5) is 0 Å². The summed E-state index contributed by atoms with van der Waals surface area (Å²) in [6.07, 6.45) is 6.55. The fraction of sp³-hybridized carbons (Fsp3) is 0.818. The van der Waals surface area contributed by atoms with E-state index in [4.69, 9.17) is 5.73 Å². The SMILES string of the molecule is C[C@H](NC(=O)CCC1CCCC1)C(N)=O. The minimum atomic E-state index is -0.555. The van der Waals surface area contributed by atoms with Gasteiger partial charge < -0.3 is 11.1 Å². The summed E-state index contributed by atoms with van der Waals surface area (Å²) in [5.41, 5.74) is 5.05. The van der Waals surface area contributed by atoms with Gasteiger partial charge in [-0.05, 0) is 19.3 Å². The molecule has 1 saturated carbocycles. The number of hydrogen-bond acceptors (Lipinski definition) is 2. The highest BCUT2D eigenvalue weighted by Gasteiger charge is 2.17. The fourth-order valence-corrected chi connectivity index (χ4v) is 2.02. The molecule has 1 rings (SSSR count). The Labute approximate surface area is 90.6 Å². The van der Waals surface area contributed by atoms with Gasteiger partial charge in [-0.3, -0.25) is 9.59 Å². The Kier molecular flexibility index (Phi) is 4.59. The molecule has 0 saturated heterocycles. The summed E-state index contributed by atoms with van der Waals surface area (Å²) in [6, 6.07) is -0.555. The second-order valence-electron chi connectivity index (χ2n) is 4.38. The largest absolute Gasteiger partial charge is 0.368 e. The van der Waals surface area contributed by atoms with Crippen LogP contribution in [-0.4, -0.2) is 17.9 Å². The van der Waals surface area contributed by atoms with Crippen LogP contribution in [0.25, 0.3) is 0 Å². The zero-order valence-electron chi connectivity index (χ0n) is 9.29. The van der Waals surface area contributed by atoms with Gasteiger partial charge in [-0.25, -0.2) is 0 Å². The van der Waals surface area contributed by atoms with Gasteiger partial charge in [-0.2, -0.15) is 0 Å². The summed E-state index contributed by atoms with van der Waals surface area (Å²) in [6.45, 7) is 1.61. The molecule has 86 valence electrons. The first-order valence-electron chi connectivity index (χ1n) is 5.68. The van der Waals surface area contributed by atoms with E-state index in [1.54, 1.807) is 6.92 Å². The Balaban J connectivity index is 2.15. The number of nitrogens with two attached hydrogens (primary N) is 1. The maximum atomic E-state index is 11.4. The first-order valence-corrected chi connectivity index (χ1v) is 5.68. The third kappa shape index (κ3) is 4.32. The van der Waals surface area contributed by atoms with Gasteiger partial charge in [0, 0.05) is 6.42 Å². The average Bonchev–Trinajstić information content (AvgIpc) is 2.66. The molecule has 1 aliphatic carbocycles. The molecule has 1 atom stereocenters. The van der Waals surface area contributed by atoms with Gasteiger partial charge in [0.1, 0.15) is 6.04 Å². The molecule has 0 heterocycles. The predicted molar refractivity (Wildman–Crippen MR) is 58.0 cm³/mol. The van der Waals surface area contributed by atoms with E-state index in [1.807, 2.05) is 0 Å². The first kappa shape index (κ1) is 12.0. The van der Waals surface area contributed by atoms with Crippen LogP contribution >= 0.6 is 0 Å². The van der Waals surface area contributed by atoms with Gasteiger partial charge >= 0.3 is 0 Å². The molecule has 0 spiro atoms. The molecule has 0 aromatic heterocycles. The highest BCUT2D eigenvalue weighted by molar-refractivity contribution is 5.86. The van der Waals surface area contributed by atoms with E-state index in [2.05, 4.69) is 5.32 Å². The normalized spacial score (nSPS) is 18.7. The van der Waals surface area contributed by atoms with Gasteiger partial charge in [0.2, 0.25) is 11.8 Å². The number of rotatable bonds is 5. The second kappa shape index (κ2) is 5.73. The third-order valence-corrected chi connectivity index (χ3v) is 3.06. The summed E-state index contributed by atoms with van der Waals surface area (Å²) >= 11 is 0. The van der Waals surface area contributed by atoms with Crippen LogP contribution < -0.4 is 11.1 Å². The lowest BCUT2D eigenvalue weighted by molar-refractivity contribution is -0.127. The van der Waals surface area contributed by atoms with Crippen LogP contribution in [0.15, 0.2) is 0 Å². The van der Waals surface area contributed by atoms with E-state index in [9.17, 15) is 9.59 Å².